The Morgan fingerprint density at radius 3 is 2.88 bits per heavy atom. The molecule has 7 heteroatoms. The molecule has 3 fully saturated rings. The Bertz CT molecular complexity index is 638. The van der Waals surface area contributed by atoms with E-state index in [-0.39, 0.29) is 23.6 Å². The van der Waals surface area contributed by atoms with Gasteiger partial charge in [0.25, 0.3) is 5.88 Å². The van der Waals surface area contributed by atoms with Gasteiger partial charge in [-0.15, -0.1) is 0 Å². The van der Waals surface area contributed by atoms with Crippen LogP contribution >= 0.6 is 0 Å². The van der Waals surface area contributed by atoms with Gasteiger partial charge in [-0.1, -0.05) is 0 Å². The first-order valence-electron chi connectivity index (χ1n) is 9.10. The fourth-order valence-corrected chi connectivity index (χ4v) is 4.15. The number of halogens is 1. The first-order chi connectivity index (χ1) is 12.2. The Labute approximate surface area is 146 Å². The van der Waals surface area contributed by atoms with E-state index in [1.807, 2.05) is 9.80 Å². The molecule has 0 aromatic carbocycles. The highest BCUT2D eigenvalue weighted by Gasteiger charge is 2.46. The lowest BCUT2D eigenvalue weighted by atomic mass is 9.89. The third-order valence-electron chi connectivity index (χ3n) is 5.36. The molecule has 6 nitrogen and oxygen atoms in total. The van der Waals surface area contributed by atoms with E-state index in [9.17, 15) is 9.18 Å². The topological polar surface area (TPSA) is 54.9 Å². The molecule has 0 unspecified atom stereocenters. The van der Waals surface area contributed by atoms with Crippen LogP contribution in [0.25, 0.3) is 0 Å². The number of urea groups is 1. The predicted octanol–water partition coefficient (Wildman–Crippen LogP) is 2.44. The second kappa shape index (κ2) is 6.78. The van der Waals surface area contributed by atoms with E-state index in [1.165, 1.54) is 18.3 Å². The summed E-state index contributed by atoms with van der Waals surface area (Å²) in [5, 5.41) is 0. The molecule has 4 heterocycles. The standard InChI is InChI=1S/C18H24FN3O3/c19-15-5-3-7-20-16(15)25-14-11-18(24-12-14)6-4-10-22(13-18)17(23)21-8-1-2-9-21/h3,5,7,14H,1-2,4,6,8-13H2/t14-,18-/m0/s1. The minimum atomic E-state index is -0.460. The number of carbonyl (C=O) groups excluding carboxylic acids is 1. The van der Waals surface area contributed by atoms with Gasteiger partial charge in [-0.25, -0.2) is 14.2 Å². The average Bonchev–Trinajstić information content (AvgIpc) is 3.27. The van der Waals surface area contributed by atoms with Gasteiger partial charge in [0.15, 0.2) is 5.82 Å². The predicted molar refractivity (Wildman–Crippen MR) is 88.9 cm³/mol. The summed E-state index contributed by atoms with van der Waals surface area (Å²) in [6.45, 7) is 3.48. The van der Waals surface area contributed by atoms with Crippen LogP contribution in [0.15, 0.2) is 18.3 Å². The molecule has 3 aliphatic heterocycles. The van der Waals surface area contributed by atoms with Crippen molar-refractivity contribution < 1.29 is 18.7 Å². The zero-order valence-electron chi connectivity index (χ0n) is 14.3. The van der Waals surface area contributed by atoms with Gasteiger partial charge in [0.1, 0.15) is 6.10 Å². The molecule has 0 N–H and O–H groups in total. The minimum Gasteiger partial charge on any atom is -0.470 e. The lowest BCUT2D eigenvalue weighted by Crippen LogP contribution is -2.53. The third kappa shape index (κ3) is 3.42. The molecular weight excluding hydrogens is 325 g/mol. The molecule has 1 spiro atoms. The number of carbonyl (C=O) groups is 1. The second-order valence-electron chi connectivity index (χ2n) is 7.23. The van der Waals surface area contributed by atoms with Crippen LogP contribution in [0.3, 0.4) is 0 Å². The van der Waals surface area contributed by atoms with Crippen LogP contribution in [-0.2, 0) is 4.74 Å². The smallest absolute Gasteiger partial charge is 0.320 e. The van der Waals surface area contributed by atoms with Crippen molar-refractivity contribution >= 4 is 6.03 Å². The number of nitrogens with zero attached hydrogens (tertiary/aromatic N) is 3. The molecule has 0 aliphatic carbocycles. The van der Waals surface area contributed by atoms with Crippen molar-refractivity contribution in [1.29, 1.82) is 0 Å². The summed E-state index contributed by atoms with van der Waals surface area (Å²) in [6.07, 6.45) is 5.95. The maximum absolute atomic E-state index is 13.7. The Morgan fingerprint density at radius 1 is 1.28 bits per heavy atom. The largest absolute Gasteiger partial charge is 0.470 e. The Kier molecular flexibility index (Phi) is 4.50. The Balaban J connectivity index is 1.39. The molecule has 3 saturated heterocycles. The highest BCUT2D eigenvalue weighted by atomic mass is 19.1. The molecule has 2 atom stereocenters. The lowest BCUT2D eigenvalue weighted by molar-refractivity contribution is -0.0442. The van der Waals surface area contributed by atoms with Crippen LogP contribution < -0.4 is 4.74 Å². The lowest BCUT2D eigenvalue weighted by Gasteiger charge is -2.40. The van der Waals surface area contributed by atoms with Crippen molar-refractivity contribution in [2.75, 3.05) is 32.8 Å². The number of pyridine rings is 1. The maximum Gasteiger partial charge on any atom is 0.320 e. The highest BCUT2D eigenvalue weighted by Crippen LogP contribution is 2.36. The van der Waals surface area contributed by atoms with Gasteiger partial charge in [0.2, 0.25) is 0 Å². The summed E-state index contributed by atoms with van der Waals surface area (Å²) < 4.78 is 25.5. The van der Waals surface area contributed by atoms with Crippen LogP contribution in [0.5, 0.6) is 5.88 Å². The van der Waals surface area contributed by atoms with Crippen molar-refractivity contribution in [1.82, 2.24) is 14.8 Å². The molecule has 4 rings (SSSR count). The van der Waals surface area contributed by atoms with E-state index in [0.717, 1.165) is 45.3 Å². The molecular formula is C18H24FN3O3. The van der Waals surface area contributed by atoms with Crippen molar-refractivity contribution in [2.45, 2.75) is 43.8 Å². The fourth-order valence-electron chi connectivity index (χ4n) is 4.15. The highest BCUT2D eigenvalue weighted by molar-refractivity contribution is 5.75. The summed E-state index contributed by atoms with van der Waals surface area (Å²) >= 11 is 0. The number of hydrogen-bond donors (Lipinski definition) is 0. The van der Waals surface area contributed by atoms with Crippen LogP contribution in [0.2, 0.25) is 0 Å². The van der Waals surface area contributed by atoms with Crippen molar-refractivity contribution in [3.05, 3.63) is 24.1 Å². The molecule has 0 bridgehead atoms. The zero-order valence-corrected chi connectivity index (χ0v) is 14.3. The van der Waals surface area contributed by atoms with Crippen LogP contribution in [-0.4, -0.2) is 65.3 Å². The Morgan fingerprint density at radius 2 is 2.08 bits per heavy atom. The molecule has 1 aromatic heterocycles. The Hall–Kier alpha value is -1.89. The van der Waals surface area contributed by atoms with Crippen LogP contribution in [0, 0.1) is 5.82 Å². The monoisotopic (exact) mass is 349 g/mol. The van der Waals surface area contributed by atoms with Crippen molar-refractivity contribution in [3.8, 4) is 5.88 Å². The minimum absolute atomic E-state index is 0.0222. The SMILES string of the molecule is O=C(N1CCCC1)N1CCC[C@]2(C[C@H](Oc3ncccc3F)CO2)C1. The molecule has 136 valence electrons. The number of rotatable bonds is 2. The van der Waals surface area contributed by atoms with Gasteiger partial charge >= 0.3 is 6.03 Å². The van der Waals surface area contributed by atoms with E-state index in [2.05, 4.69) is 4.98 Å². The zero-order chi connectivity index (χ0) is 17.3. The molecule has 25 heavy (non-hydrogen) atoms. The van der Waals surface area contributed by atoms with Gasteiger partial charge in [-0.3, -0.25) is 0 Å². The number of hydrogen-bond acceptors (Lipinski definition) is 4. The van der Waals surface area contributed by atoms with Crippen LogP contribution in [0.1, 0.15) is 32.1 Å². The van der Waals surface area contributed by atoms with Crippen LogP contribution in [0.4, 0.5) is 9.18 Å². The first kappa shape index (κ1) is 16.6. The summed E-state index contributed by atoms with van der Waals surface area (Å²) in [5.41, 5.74) is -0.371. The number of ether oxygens (including phenoxy) is 2. The molecule has 1 aromatic rings. The maximum atomic E-state index is 13.7. The van der Waals surface area contributed by atoms with Crippen molar-refractivity contribution in [2.24, 2.45) is 0 Å². The van der Waals surface area contributed by atoms with Gasteiger partial charge in [0, 0.05) is 32.3 Å². The van der Waals surface area contributed by atoms with Gasteiger partial charge in [-0.05, 0) is 37.8 Å². The molecule has 2 amide bonds. The average molecular weight is 349 g/mol. The number of aromatic nitrogens is 1. The first-order valence-corrected chi connectivity index (χ1v) is 9.10. The normalized spacial score (nSPS) is 29.4. The number of likely N-dealkylation sites (tertiary alicyclic amines) is 2. The van der Waals surface area contributed by atoms with E-state index in [1.54, 1.807) is 0 Å². The molecule has 0 saturated carbocycles. The van der Waals surface area contributed by atoms with E-state index in [4.69, 9.17) is 9.47 Å². The van der Waals surface area contributed by atoms with Gasteiger partial charge < -0.3 is 19.3 Å². The van der Waals surface area contributed by atoms with E-state index in [0.29, 0.717) is 19.6 Å². The van der Waals surface area contributed by atoms with Crippen molar-refractivity contribution in [3.63, 3.8) is 0 Å². The van der Waals surface area contributed by atoms with Gasteiger partial charge in [-0.2, -0.15) is 0 Å². The summed E-state index contributed by atoms with van der Waals surface area (Å²) in [6, 6.07) is 3.00. The number of piperidine rings is 1. The summed E-state index contributed by atoms with van der Waals surface area (Å²) in [4.78, 5) is 20.5. The number of amides is 2. The van der Waals surface area contributed by atoms with E-state index < -0.39 is 5.82 Å². The molecule has 3 aliphatic rings. The third-order valence-corrected chi connectivity index (χ3v) is 5.36. The second-order valence-corrected chi connectivity index (χ2v) is 7.23. The summed E-state index contributed by atoms with van der Waals surface area (Å²) in [7, 11) is 0. The fraction of sp³-hybridized carbons (Fsp3) is 0.667. The molecule has 0 radical (unpaired) electrons. The summed E-state index contributed by atoms with van der Waals surface area (Å²) in [5.74, 6) is -0.438. The van der Waals surface area contributed by atoms with Gasteiger partial charge in [0.05, 0.1) is 18.8 Å². The quantitative estimate of drug-likeness (QED) is 0.823. The van der Waals surface area contributed by atoms with E-state index >= 15 is 0 Å².